The molecule has 0 bridgehead atoms. The first kappa shape index (κ1) is 9.20. The highest BCUT2D eigenvalue weighted by atomic mass is 16.4. The van der Waals surface area contributed by atoms with Crippen molar-refractivity contribution in [2.75, 3.05) is 5.73 Å². The van der Waals surface area contributed by atoms with E-state index in [1.54, 1.807) is 12.1 Å². The number of benzene rings is 1. The zero-order chi connectivity index (χ0) is 10.8. The predicted molar refractivity (Wildman–Crippen MR) is 52.7 cm³/mol. The number of carboxylic acids is 1. The maximum Gasteiger partial charge on any atom is 0.337 e. The summed E-state index contributed by atoms with van der Waals surface area (Å²) >= 11 is 0. The minimum absolute atomic E-state index is 0.0977. The van der Waals surface area contributed by atoms with E-state index in [4.69, 9.17) is 10.8 Å². The molecule has 2 rings (SSSR count). The van der Waals surface area contributed by atoms with E-state index < -0.39 is 5.97 Å². The number of carboxylic acid groups (broad SMARTS) is 1. The van der Waals surface area contributed by atoms with Crippen molar-refractivity contribution in [1.29, 1.82) is 0 Å². The quantitative estimate of drug-likeness (QED) is 0.696. The second-order valence-corrected chi connectivity index (χ2v) is 2.90. The lowest BCUT2D eigenvalue weighted by Crippen LogP contribution is -2.09. The Kier molecular flexibility index (Phi) is 2.09. The average molecular weight is 204 g/mol. The first-order valence-electron chi connectivity index (χ1n) is 4.18. The lowest BCUT2D eigenvalue weighted by atomic mass is 10.1. The lowest BCUT2D eigenvalue weighted by Gasteiger charge is -2.07. The number of rotatable bonds is 2. The number of aromatic nitrogens is 3. The molecule has 3 N–H and O–H groups in total. The molecule has 0 atom stereocenters. The summed E-state index contributed by atoms with van der Waals surface area (Å²) in [5.74, 6) is -1.05. The largest absolute Gasteiger partial charge is 0.478 e. The van der Waals surface area contributed by atoms with Gasteiger partial charge in [-0.1, -0.05) is 11.3 Å². The topological polar surface area (TPSA) is 94.0 Å². The molecule has 1 aromatic heterocycles. The smallest absolute Gasteiger partial charge is 0.337 e. The van der Waals surface area contributed by atoms with E-state index in [2.05, 4.69) is 10.3 Å². The Labute approximate surface area is 84.9 Å². The van der Waals surface area contributed by atoms with Gasteiger partial charge in [-0.25, -0.2) is 9.48 Å². The molecule has 6 nitrogen and oxygen atoms in total. The highest BCUT2D eigenvalue weighted by molar-refractivity contribution is 5.94. The van der Waals surface area contributed by atoms with Crippen LogP contribution in [0.15, 0.2) is 30.6 Å². The molecule has 0 aliphatic carbocycles. The van der Waals surface area contributed by atoms with Gasteiger partial charge in [0.25, 0.3) is 0 Å². The summed E-state index contributed by atoms with van der Waals surface area (Å²) in [6.07, 6.45) is 3.00. The molecule has 0 radical (unpaired) electrons. The van der Waals surface area contributed by atoms with Crippen molar-refractivity contribution >= 4 is 11.7 Å². The Morgan fingerprint density at radius 3 is 2.87 bits per heavy atom. The number of hydrogen-bond acceptors (Lipinski definition) is 4. The molecule has 6 heteroatoms. The van der Waals surface area contributed by atoms with Crippen molar-refractivity contribution in [2.45, 2.75) is 0 Å². The summed E-state index contributed by atoms with van der Waals surface area (Å²) in [5.41, 5.74) is 6.48. The number of anilines is 1. The summed E-state index contributed by atoms with van der Waals surface area (Å²) < 4.78 is 1.33. The molecular formula is C9H8N4O2. The molecule has 0 amide bonds. The van der Waals surface area contributed by atoms with Gasteiger partial charge in [-0.15, -0.1) is 5.10 Å². The highest BCUT2D eigenvalue weighted by Gasteiger charge is 2.14. The van der Waals surface area contributed by atoms with Gasteiger partial charge < -0.3 is 10.8 Å². The van der Waals surface area contributed by atoms with Crippen LogP contribution >= 0.6 is 0 Å². The fourth-order valence-electron chi connectivity index (χ4n) is 1.32. The molecule has 1 heterocycles. The van der Waals surface area contributed by atoms with Crippen molar-refractivity contribution in [2.24, 2.45) is 0 Å². The Bertz CT molecular complexity index is 493. The van der Waals surface area contributed by atoms with Crippen LogP contribution in [0.3, 0.4) is 0 Å². The van der Waals surface area contributed by atoms with E-state index in [1.807, 2.05) is 0 Å². The van der Waals surface area contributed by atoms with Crippen LogP contribution in [0.4, 0.5) is 5.69 Å². The third kappa shape index (κ3) is 1.52. The number of para-hydroxylation sites is 1. The van der Waals surface area contributed by atoms with Crippen molar-refractivity contribution in [3.05, 3.63) is 36.2 Å². The molecule has 2 aromatic rings. The van der Waals surface area contributed by atoms with Crippen molar-refractivity contribution in [3.8, 4) is 5.69 Å². The first-order valence-corrected chi connectivity index (χ1v) is 4.18. The minimum Gasteiger partial charge on any atom is -0.478 e. The number of nitrogens with zero attached hydrogens (tertiary/aromatic N) is 3. The van der Waals surface area contributed by atoms with Crippen LogP contribution in [-0.2, 0) is 0 Å². The number of nitrogens with two attached hydrogens (primary N) is 1. The normalized spacial score (nSPS) is 10.1. The van der Waals surface area contributed by atoms with E-state index in [-0.39, 0.29) is 5.56 Å². The number of aromatic carboxylic acids is 1. The van der Waals surface area contributed by atoms with Gasteiger partial charge in [0, 0.05) is 0 Å². The third-order valence-electron chi connectivity index (χ3n) is 1.95. The molecule has 0 saturated heterocycles. The monoisotopic (exact) mass is 204 g/mol. The summed E-state index contributed by atoms with van der Waals surface area (Å²) in [4.78, 5) is 11.0. The van der Waals surface area contributed by atoms with Gasteiger partial charge in [0.2, 0.25) is 0 Å². The highest BCUT2D eigenvalue weighted by Crippen LogP contribution is 2.20. The molecule has 1 aromatic carbocycles. The fraction of sp³-hybridized carbons (Fsp3) is 0. The van der Waals surface area contributed by atoms with Crippen LogP contribution in [0.1, 0.15) is 10.4 Å². The molecule has 0 aliphatic rings. The van der Waals surface area contributed by atoms with Crippen molar-refractivity contribution in [1.82, 2.24) is 15.0 Å². The maximum absolute atomic E-state index is 11.0. The number of hydrogen-bond donors (Lipinski definition) is 2. The van der Waals surface area contributed by atoms with E-state index in [0.29, 0.717) is 11.4 Å². The summed E-state index contributed by atoms with van der Waals surface area (Å²) in [6.45, 7) is 0. The molecule has 0 aliphatic heterocycles. The molecule has 0 fully saturated rings. The lowest BCUT2D eigenvalue weighted by molar-refractivity contribution is 0.0697. The number of carbonyl (C=O) groups is 1. The van der Waals surface area contributed by atoms with Crippen LogP contribution in [0, 0.1) is 0 Å². The maximum atomic E-state index is 11.0. The third-order valence-corrected chi connectivity index (χ3v) is 1.95. The van der Waals surface area contributed by atoms with Gasteiger partial charge in [-0.2, -0.15) is 0 Å². The summed E-state index contributed by atoms with van der Waals surface area (Å²) in [6, 6.07) is 4.67. The van der Waals surface area contributed by atoms with Gasteiger partial charge in [-0.3, -0.25) is 0 Å². The second kappa shape index (κ2) is 3.41. The zero-order valence-electron chi connectivity index (χ0n) is 7.66. The summed E-state index contributed by atoms with van der Waals surface area (Å²) in [7, 11) is 0. The summed E-state index contributed by atoms with van der Waals surface area (Å²) in [5, 5.41) is 16.3. The predicted octanol–water partition coefficient (Wildman–Crippen LogP) is 0.548. The Balaban J connectivity index is 2.68. The van der Waals surface area contributed by atoms with E-state index in [9.17, 15) is 4.79 Å². The van der Waals surface area contributed by atoms with Gasteiger partial charge in [0.15, 0.2) is 0 Å². The second-order valence-electron chi connectivity index (χ2n) is 2.90. The standard InChI is InChI=1S/C9H8N4O2/c10-7-3-1-2-6(9(14)15)8(7)13-5-4-11-12-13/h1-5H,10H2,(H,14,15). The van der Waals surface area contributed by atoms with Crippen LogP contribution in [0.5, 0.6) is 0 Å². The van der Waals surface area contributed by atoms with E-state index in [0.717, 1.165) is 0 Å². The first-order chi connectivity index (χ1) is 7.20. The van der Waals surface area contributed by atoms with Gasteiger partial charge in [-0.05, 0) is 12.1 Å². The van der Waals surface area contributed by atoms with Gasteiger partial charge >= 0.3 is 5.97 Å². The molecule has 0 spiro atoms. The van der Waals surface area contributed by atoms with E-state index in [1.165, 1.54) is 23.1 Å². The van der Waals surface area contributed by atoms with Crippen LogP contribution < -0.4 is 5.73 Å². The van der Waals surface area contributed by atoms with Gasteiger partial charge in [0.05, 0.1) is 23.6 Å². The fourth-order valence-corrected chi connectivity index (χ4v) is 1.32. The Morgan fingerprint density at radius 2 is 2.27 bits per heavy atom. The number of nitrogen functional groups attached to an aromatic ring is 1. The van der Waals surface area contributed by atoms with Gasteiger partial charge in [0.1, 0.15) is 5.69 Å². The van der Waals surface area contributed by atoms with Crippen LogP contribution in [0.2, 0.25) is 0 Å². The minimum atomic E-state index is -1.05. The zero-order valence-corrected chi connectivity index (χ0v) is 7.66. The Hall–Kier alpha value is -2.37. The van der Waals surface area contributed by atoms with E-state index >= 15 is 0 Å². The molecule has 0 unspecified atom stereocenters. The molecule has 0 saturated carbocycles. The molecule has 15 heavy (non-hydrogen) atoms. The van der Waals surface area contributed by atoms with Crippen molar-refractivity contribution < 1.29 is 9.90 Å². The van der Waals surface area contributed by atoms with Crippen molar-refractivity contribution in [3.63, 3.8) is 0 Å². The molecular weight excluding hydrogens is 196 g/mol. The molecule has 76 valence electrons. The van der Waals surface area contributed by atoms with Crippen LogP contribution in [-0.4, -0.2) is 26.1 Å². The SMILES string of the molecule is Nc1cccc(C(=O)O)c1-n1ccnn1. The van der Waals surface area contributed by atoms with Crippen LogP contribution in [0.25, 0.3) is 5.69 Å². The Morgan fingerprint density at radius 1 is 1.47 bits per heavy atom. The average Bonchev–Trinajstić information content (AvgIpc) is 2.70.